The van der Waals surface area contributed by atoms with Crippen molar-refractivity contribution < 1.29 is 5.11 Å². The van der Waals surface area contributed by atoms with E-state index >= 15 is 0 Å². The number of rotatable bonds is 4. The average molecular weight is 279 g/mol. The Hall–Kier alpha value is -0.380. The quantitative estimate of drug-likeness (QED) is 0.911. The van der Waals surface area contributed by atoms with E-state index in [2.05, 4.69) is 23.3 Å². The number of thiophene rings is 1. The fraction of sp³-hybridized carbons (Fsp3) is 0.750. The lowest BCUT2D eigenvalue weighted by Gasteiger charge is -2.29. The largest absolute Gasteiger partial charge is 0.387 e. The van der Waals surface area contributed by atoms with Crippen LogP contribution >= 0.6 is 11.3 Å². The third kappa shape index (κ3) is 3.21. The summed E-state index contributed by atoms with van der Waals surface area (Å²) in [6.07, 6.45) is 5.44. The van der Waals surface area contributed by atoms with Crippen LogP contribution in [0.5, 0.6) is 0 Å². The highest BCUT2D eigenvalue weighted by Crippen LogP contribution is 2.37. The van der Waals surface area contributed by atoms with Crippen LogP contribution in [0.1, 0.15) is 43.6 Å². The number of likely N-dealkylation sites (tertiary alicyclic amines) is 1. The molecule has 4 atom stereocenters. The number of hydrogen-bond donors (Lipinski definition) is 1. The van der Waals surface area contributed by atoms with Crippen LogP contribution in [0.4, 0.5) is 0 Å². The number of nitrogens with zero attached hydrogens (tertiary/aromatic N) is 1. The molecule has 1 aromatic rings. The molecule has 0 spiro atoms. The molecule has 1 aliphatic carbocycles. The average Bonchev–Trinajstić information content (AvgIpc) is 3.01. The zero-order valence-electron chi connectivity index (χ0n) is 11.8. The predicted octanol–water partition coefficient (Wildman–Crippen LogP) is 3.54. The summed E-state index contributed by atoms with van der Waals surface area (Å²) in [5, 5.41) is 12.4. The first kappa shape index (κ1) is 13.6. The van der Waals surface area contributed by atoms with Crippen molar-refractivity contribution in [1.29, 1.82) is 0 Å². The maximum Gasteiger partial charge on any atom is 0.0919 e. The molecule has 19 heavy (non-hydrogen) atoms. The number of aliphatic hydroxyl groups is 1. The molecule has 2 nitrogen and oxygen atoms in total. The Bertz CT molecular complexity index is 391. The van der Waals surface area contributed by atoms with Gasteiger partial charge >= 0.3 is 0 Å². The Morgan fingerprint density at radius 2 is 2.21 bits per heavy atom. The molecule has 2 aliphatic rings. The van der Waals surface area contributed by atoms with Crippen LogP contribution in [-0.4, -0.2) is 29.6 Å². The van der Waals surface area contributed by atoms with Gasteiger partial charge in [-0.15, -0.1) is 11.3 Å². The van der Waals surface area contributed by atoms with Crippen molar-refractivity contribution in [3.8, 4) is 0 Å². The molecule has 3 rings (SSSR count). The Morgan fingerprint density at radius 1 is 1.37 bits per heavy atom. The van der Waals surface area contributed by atoms with Crippen molar-refractivity contribution in [3.05, 3.63) is 22.4 Å². The predicted molar refractivity (Wildman–Crippen MR) is 80.3 cm³/mol. The molecule has 0 amide bonds. The van der Waals surface area contributed by atoms with E-state index in [4.69, 9.17) is 0 Å². The first-order chi connectivity index (χ1) is 9.22. The van der Waals surface area contributed by atoms with Gasteiger partial charge in [-0.25, -0.2) is 0 Å². The Balaban J connectivity index is 1.55. The maximum atomic E-state index is 10.4. The van der Waals surface area contributed by atoms with Gasteiger partial charge in [0.15, 0.2) is 0 Å². The standard InChI is InChI=1S/C16H25NOS/c1-12(16(18)15-3-2-8-19-15)10-17-7-6-13-4-5-14(9-13)11-17/h2-3,8,12-14,16,18H,4-7,9-11H2,1H3. The highest BCUT2D eigenvalue weighted by atomic mass is 32.1. The first-order valence-electron chi connectivity index (χ1n) is 7.66. The minimum atomic E-state index is -0.291. The molecular formula is C16H25NOS. The second-order valence-corrected chi connectivity index (χ2v) is 7.51. The SMILES string of the molecule is CC(CN1CCC2CCC(C2)C1)C(O)c1cccs1. The minimum absolute atomic E-state index is 0.291. The summed E-state index contributed by atoms with van der Waals surface area (Å²) in [5.74, 6) is 2.25. The molecule has 2 fully saturated rings. The van der Waals surface area contributed by atoms with Gasteiger partial charge < -0.3 is 10.0 Å². The van der Waals surface area contributed by atoms with E-state index < -0.39 is 0 Å². The van der Waals surface area contributed by atoms with Crippen molar-refractivity contribution in [2.75, 3.05) is 19.6 Å². The summed E-state index contributed by atoms with van der Waals surface area (Å²) >= 11 is 1.67. The maximum absolute atomic E-state index is 10.4. The second kappa shape index (κ2) is 5.94. The van der Waals surface area contributed by atoms with Gasteiger partial charge in [0, 0.05) is 18.0 Å². The molecule has 1 aliphatic heterocycles. The molecule has 0 aromatic carbocycles. The highest BCUT2D eigenvalue weighted by molar-refractivity contribution is 7.10. The van der Waals surface area contributed by atoms with Gasteiger partial charge in [-0.2, -0.15) is 0 Å². The zero-order chi connectivity index (χ0) is 13.2. The van der Waals surface area contributed by atoms with Crippen molar-refractivity contribution >= 4 is 11.3 Å². The lowest BCUT2D eigenvalue weighted by molar-refractivity contribution is 0.0864. The van der Waals surface area contributed by atoms with E-state index in [9.17, 15) is 5.11 Å². The molecular weight excluding hydrogens is 254 g/mol. The van der Waals surface area contributed by atoms with Crippen LogP contribution in [0.15, 0.2) is 17.5 Å². The van der Waals surface area contributed by atoms with Crippen LogP contribution in [0.25, 0.3) is 0 Å². The summed E-state index contributed by atoms with van der Waals surface area (Å²) in [5.41, 5.74) is 0. The highest BCUT2D eigenvalue weighted by Gasteiger charge is 2.31. The summed E-state index contributed by atoms with van der Waals surface area (Å²) in [4.78, 5) is 3.72. The summed E-state index contributed by atoms with van der Waals surface area (Å²) in [6.45, 7) is 5.73. The van der Waals surface area contributed by atoms with E-state index in [0.29, 0.717) is 5.92 Å². The molecule has 0 radical (unpaired) electrons. The first-order valence-corrected chi connectivity index (χ1v) is 8.54. The summed E-state index contributed by atoms with van der Waals surface area (Å²) in [7, 11) is 0. The third-order valence-corrected chi connectivity index (χ3v) is 5.88. The van der Waals surface area contributed by atoms with Gasteiger partial charge in [0.25, 0.3) is 0 Å². The fourth-order valence-electron chi connectivity index (χ4n) is 3.84. The molecule has 3 heteroatoms. The van der Waals surface area contributed by atoms with E-state index in [0.717, 1.165) is 23.3 Å². The lowest BCUT2D eigenvalue weighted by Crippen LogP contribution is -2.34. The molecule has 4 unspecified atom stereocenters. The van der Waals surface area contributed by atoms with Gasteiger partial charge in [0.2, 0.25) is 0 Å². The third-order valence-electron chi connectivity index (χ3n) is 4.94. The molecule has 1 N–H and O–H groups in total. The molecule has 2 heterocycles. The Kier molecular flexibility index (Phi) is 4.25. The van der Waals surface area contributed by atoms with Crippen molar-refractivity contribution in [2.45, 2.75) is 38.7 Å². The van der Waals surface area contributed by atoms with Crippen LogP contribution in [-0.2, 0) is 0 Å². The van der Waals surface area contributed by atoms with Gasteiger partial charge in [-0.3, -0.25) is 0 Å². The number of fused-ring (bicyclic) bond motifs is 2. The molecule has 106 valence electrons. The zero-order valence-corrected chi connectivity index (χ0v) is 12.6. The van der Waals surface area contributed by atoms with Crippen molar-refractivity contribution in [1.82, 2.24) is 4.90 Å². The van der Waals surface area contributed by atoms with E-state index in [1.165, 1.54) is 38.8 Å². The molecule has 1 aromatic heterocycles. The van der Waals surface area contributed by atoms with Crippen LogP contribution in [0.3, 0.4) is 0 Å². The van der Waals surface area contributed by atoms with Crippen LogP contribution in [0.2, 0.25) is 0 Å². The van der Waals surface area contributed by atoms with Crippen molar-refractivity contribution in [2.24, 2.45) is 17.8 Å². The van der Waals surface area contributed by atoms with E-state index in [1.54, 1.807) is 11.3 Å². The monoisotopic (exact) mass is 279 g/mol. The summed E-state index contributed by atoms with van der Waals surface area (Å²) in [6, 6.07) is 4.08. The topological polar surface area (TPSA) is 23.5 Å². The second-order valence-electron chi connectivity index (χ2n) is 6.53. The van der Waals surface area contributed by atoms with Crippen LogP contribution < -0.4 is 0 Å². The van der Waals surface area contributed by atoms with E-state index in [-0.39, 0.29) is 6.10 Å². The van der Waals surface area contributed by atoms with Gasteiger partial charge in [-0.05, 0) is 55.0 Å². The normalized spacial score (nSPS) is 31.1. The smallest absolute Gasteiger partial charge is 0.0919 e. The van der Waals surface area contributed by atoms with Crippen LogP contribution in [0, 0.1) is 17.8 Å². The van der Waals surface area contributed by atoms with Gasteiger partial charge in [0.1, 0.15) is 0 Å². The molecule has 1 saturated heterocycles. The van der Waals surface area contributed by atoms with Crippen molar-refractivity contribution in [3.63, 3.8) is 0 Å². The Morgan fingerprint density at radius 3 is 3.00 bits per heavy atom. The minimum Gasteiger partial charge on any atom is -0.387 e. The summed E-state index contributed by atoms with van der Waals surface area (Å²) < 4.78 is 0. The van der Waals surface area contributed by atoms with E-state index in [1.807, 2.05) is 6.07 Å². The van der Waals surface area contributed by atoms with Gasteiger partial charge in [-0.1, -0.05) is 19.4 Å². The number of aliphatic hydroxyl groups excluding tert-OH is 1. The molecule has 2 bridgehead atoms. The Labute approximate surface area is 120 Å². The number of hydrogen-bond acceptors (Lipinski definition) is 3. The lowest BCUT2D eigenvalue weighted by atomic mass is 10.0. The molecule has 1 saturated carbocycles. The fourth-order valence-corrected chi connectivity index (χ4v) is 4.68. The van der Waals surface area contributed by atoms with Gasteiger partial charge in [0.05, 0.1) is 6.10 Å².